The number of hydrogen-bond donors (Lipinski definition) is 1. The van der Waals surface area contributed by atoms with Crippen LogP contribution in [0, 0.1) is 25.2 Å². The number of aromatic nitrogens is 2. The van der Waals surface area contributed by atoms with Crippen molar-refractivity contribution in [3.8, 4) is 11.8 Å². The number of aliphatic hydroxyl groups is 1. The Hall–Kier alpha value is -3.17. The Morgan fingerprint density at radius 2 is 1.96 bits per heavy atom. The summed E-state index contributed by atoms with van der Waals surface area (Å²) in [6, 6.07) is 15.5. The van der Waals surface area contributed by atoms with Crippen LogP contribution in [0.3, 0.4) is 0 Å². The Morgan fingerprint density at radius 3 is 2.69 bits per heavy atom. The number of nitrogens with zero attached hydrogens (tertiary/aromatic N) is 3. The maximum Gasteiger partial charge on any atom is 0.285 e. The van der Waals surface area contributed by atoms with E-state index in [9.17, 15) is 9.90 Å². The highest BCUT2D eigenvalue weighted by atomic mass is 16.5. The zero-order chi connectivity index (χ0) is 18.7. The predicted octanol–water partition coefficient (Wildman–Crippen LogP) is 2.32. The van der Waals surface area contributed by atoms with Gasteiger partial charge in [-0.3, -0.25) is 4.79 Å². The lowest BCUT2D eigenvalue weighted by atomic mass is 10.1. The van der Waals surface area contributed by atoms with Crippen LogP contribution in [0.2, 0.25) is 0 Å². The van der Waals surface area contributed by atoms with Gasteiger partial charge in [-0.2, -0.15) is 10.4 Å². The van der Waals surface area contributed by atoms with Crippen LogP contribution in [-0.4, -0.2) is 27.6 Å². The third-order valence-corrected chi connectivity index (χ3v) is 4.30. The van der Waals surface area contributed by atoms with Crippen molar-refractivity contribution >= 4 is 10.8 Å². The van der Waals surface area contributed by atoms with Crippen molar-refractivity contribution in [3.63, 3.8) is 0 Å². The molecule has 0 bridgehead atoms. The average molecular weight is 349 g/mol. The van der Waals surface area contributed by atoms with E-state index < -0.39 is 11.7 Å². The summed E-state index contributed by atoms with van der Waals surface area (Å²) in [6.07, 6.45) is -0.930. The molecule has 6 nitrogen and oxygen atoms in total. The maximum absolute atomic E-state index is 12.3. The number of benzene rings is 2. The monoisotopic (exact) mass is 349 g/mol. The van der Waals surface area contributed by atoms with Gasteiger partial charge in [-0.05, 0) is 42.3 Å². The van der Waals surface area contributed by atoms with E-state index in [1.165, 1.54) is 0 Å². The molecule has 0 aliphatic carbocycles. The van der Waals surface area contributed by atoms with Crippen molar-refractivity contribution in [1.82, 2.24) is 9.78 Å². The number of hydrogen-bond acceptors (Lipinski definition) is 5. The molecule has 0 unspecified atom stereocenters. The van der Waals surface area contributed by atoms with Crippen LogP contribution in [0.4, 0.5) is 0 Å². The molecular formula is C20H19N3O3. The second-order valence-corrected chi connectivity index (χ2v) is 6.16. The summed E-state index contributed by atoms with van der Waals surface area (Å²) in [6.45, 7) is 3.39. The summed E-state index contributed by atoms with van der Waals surface area (Å²) in [5, 5.41) is 25.7. The summed E-state index contributed by atoms with van der Waals surface area (Å²) in [5.41, 5.74) is 0.708. The molecule has 6 heteroatoms. The average Bonchev–Trinajstić information content (AvgIpc) is 2.65. The van der Waals surface area contributed by atoms with Crippen LogP contribution in [0.1, 0.15) is 16.8 Å². The van der Waals surface area contributed by atoms with Gasteiger partial charge in [0.15, 0.2) is 0 Å². The fourth-order valence-corrected chi connectivity index (χ4v) is 2.73. The predicted molar refractivity (Wildman–Crippen MR) is 98.1 cm³/mol. The van der Waals surface area contributed by atoms with E-state index in [4.69, 9.17) is 10.00 Å². The number of aryl methyl sites for hydroxylation is 1. The minimum Gasteiger partial charge on any atom is -0.491 e. The van der Waals surface area contributed by atoms with Gasteiger partial charge in [-0.1, -0.05) is 30.3 Å². The Balaban J connectivity index is 1.71. The molecule has 1 heterocycles. The van der Waals surface area contributed by atoms with Crippen LogP contribution in [-0.2, 0) is 6.54 Å². The van der Waals surface area contributed by atoms with Gasteiger partial charge < -0.3 is 9.84 Å². The zero-order valence-corrected chi connectivity index (χ0v) is 14.6. The second-order valence-electron chi connectivity index (χ2n) is 6.16. The van der Waals surface area contributed by atoms with Crippen molar-refractivity contribution in [1.29, 1.82) is 5.26 Å². The third kappa shape index (κ3) is 3.58. The summed E-state index contributed by atoms with van der Waals surface area (Å²) in [7, 11) is 0. The highest BCUT2D eigenvalue weighted by molar-refractivity contribution is 5.83. The second kappa shape index (κ2) is 7.38. The minimum absolute atomic E-state index is 0.0151. The standard InChI is InChI=1S/C20H19N3O3/c1-13-14(2)22-23(20(25)19(13)10-21)11-17(24)12-26-18-8-7-15-5-3-4-6-16(15)9-18/h3-9,17,24H,11-12H2,1-2H3/t17-/m0/s1. The first-order valence-electron chi connectivity index (χ1n) is 8.27. The van der Waals surface area contributed by atoms with Gasteiger partial charge in [0.1, 0.15) is 30.1 Å². The maximum atomic E-state index is 12.3. The summed E-state index contributed by atoms with van der Waals surface area (Å²) in [5.74, 6) is 0.640. The molecule has 26 heavy (non-hydrogen) atoms. The fraction of sp³-hybridized carbons (Fsp3) is 0.250. The highest BCUT2D eigenvalue weighted by Gasteiger charge is 2.15. The Morgan fingerprint density at radius 1 is 1.23 bits per heavy atom. The van der Waals surface area contributed by atoms with E-state index >= 15 is 0 Å². The Labute approximate surface area is 150 Å². The smallest absolute Gasteiger partial charge is 0.285 e. The molecule has 0 saturated carbocycles. The van der Waals surface area contributed by atoms with Gasteiger partial charge in [0, 0.05) is 0 Å². The molecule has 0 amide bonds. The first kappa shape index (κ1) is 17.6. The van der Waals surface area contributed by atoms with Gasteiger partial charge in [0.25, 0.3) is 5.56 Å². The van der Waals surface area contributed by atoms with Crippen LogP contribution in [0.25, 0.3) is 10.8 Å². The molecule has 3 aromatic rings. The number of rotatable bonds is 5. The molecule has 0 radical (unpaired) electrons. The molecule has 0 saturated heterocycles. The molecule has 0 aliphatic heterocycles. The van der Waals surface area contributed by atoms with Gasteiger partial charge in [-0.25, -0.2) is 4.68 Å². The lowest BCUT2D eigenvalue weighted by molar-refractivity contribution is 0.0878. The zero-order valence-electron chi connectivity index (χ0n) is 14.6. The molecule has 0 fully saturated rings. The molecule has 1 atom stereocenters. The van der Waals surface area contributed by atoms with Crippen molar-refractivity contribution in [2.45, 2.75) is 26.5 Å². The number of fused-ring (bicyclic) bond motifs is 1. The van der Waals surface area contributed by atoms with Crippen molar-refractivity contribution in [3.05, 3.63) is 69.6 Å². The molecule has 0 aliphatic rings. The molecule has 2 aromatic carbocycles. The Bertz CT molecular complexity index is 1050. The van der Waals surface area contributed by atoms with Crippen molar-refractivity contribution in [2.75, 3.05) is 6.61 Å². The van der Waals surface area contributed by atoms with E-state index in [1.54, 1.807) is 13.8 Å². The largest absolute Gasteiger partial charge is 0.491 e. The lowest BCUT2D eigenvalue weighted by Crippen LogP contribution is -2.34. The van der Waals surface area contributed by atoms with Crippen LogP contribution in [0.15, 0.2) is 47.3 Å². The molecule has 1 aromatic heterocycles. The minimum atomic E-state index is -0.930. The van der Waals surface area contributed by atoms with Crippen LogP contribution >= 0.6 is 0 Å². The van der Waals surface area contributed by atoms with Crippen molar-refractivity contribution < 1.29 is 9.84 Å². The van der Waals surface area contributed by atoms with Gasteiger partial charge in [0.2, 0.25) is 0 Å². The fourth-order valence-electron chi connectivity index (χ4n) is 2.73. The first-order valence-corrected chi connectivity index (χ1v) is 8.27. The van der Waals surface area contributed by atoms with Gasteiger partial charge in [-0.15, -0.1) is 0 Å². The van der Waals surface area contributed by atoms with E-state index in [0.29, 0.717) is 17.0 Å². The van der Waals surface area contributed by atoms with Crippen LogP contribution < -0.4 is 10.3 Å². The van der Waals surface area contributed by atoms with Gasteiger partial charge >= 0.3 is 0 Å². The molecule has 1 N–H and O–H groups in total. The van der Waals surface area contributed by atoms with Crippen LogP contribution in [0.5, 0.6) is 5.75 Å². The molecular weight excluding hydrogens is 330 g/mol. The normalized spacial score (nSPS) is 11.9. The van der Waals surface area contributed by atoms with E-state index in [2.05, 4.69) is 5.10 Å². The van der Waals surface area contributed by atoms with E-state index in [0.717, 1.165) is 15.5 Å². The summed E-state index contributed by atoms with van der Waals surface area (Å²) >= 11 is 0. The topological polar surface area (TPSA) is 88.1 Å². The van der Waals surface area contributed by atoms with Gasteiger partial charge in [0.05, 0.1) is 12.2 Å². The molecule has 3 rings (SSSR count). The number of aliphatic hydroxyl groups excluding tert-OH is 1. The summed E-state index contributed by atoms with van der Waals surface area (Å²) < 4.78 is 6.76. The SMILES string of the molecule is Cc1nn(C[C@H](O)COc2ccc3ccccc3c2)c(=O)c(C#N)c1C. The highest BCUT2D eigenvalue weighted by Crippen LogP contribution is 2.20. The third-order valence-electron chi connectivity index (χ3n) is 4.30. The number of nitriles is 1. The quantitative estimate of drug-likeness (QED) is 0.764. The molecule has 132 valence electrons. The van der Waals surface area contributed by atoms with E-state index in [-0.39, 0.29) is 18.7 Å². The first-order chi connectivity index (χ1) is 12.5. The summed E-state index contributed by atoms with van der Waals surface area (Å²) in [4.78, 5) is 12.3. The van der Waals surface area contributed by atoms with E-state index in [1.807, 2.05) is 48.5 Å². The van der Waals surface area contributed by atoms with Crippen molar-refractivity contribution in [2.24, 2.45) is 0 Å². The lowest BCUT2D eigenvalue weighted by Gasteiger charge is -2.15. The Kier molecular flexibility index (Phi) is 5.01. The number of ether oxygens (including phenoxy) is 1. The molecule has 0 spiro atoms.